The first-order chi connectivity index (χ1) is 22.5. The number of nitro groups is 1. The number of alkyl carbamates (subject to hydrolysis) is 1. The first-order valence-corrected chi connectivity index (χ1v) is 17.2. The van der Waals surface area contributed by atoms with Crippen LogP contribution >= 0.6 is 0 Å². The number of carbonyl (C=O) groups excluding carboxylic acids is 4. The molecule has 1 aromatic carbocycles. The second-order valence-electron chi connectivity index (χ2n) is 12.6. The molecule has 1 saturated carbocycles. The molecule has 1 saturated heterocycles. The SMILES string of the molecule is C=CCCN(CC[C@H](NC(=O)OC(C)(C)C)C(=O)N1CCC[C@H]1C(=O)N[C@]1(C(=O)OCC)C[C@H]1C=C)S(=O)(=O)c1ccccc1[N+](=O)[O-]. The molecular weight excluding hydrogens is 646 g/mol. The van der Waals surface area contributed by atoms with Gasteiger partial charge >= 0.3 is 12.1 Å². The smallest absolute Gasteiger partial charge is 0.408 e. The van der Waals surface area contributed by atoms with Crippen LogP contribution in [0.1, 0.15) is 59.8 Å². The lowest BCUT2D eigenvalue weighted by Crippen LogP contribution is -2.57. The Bertz CT molecular complexity index is 1520. The summed E-state index contributed by atoms with van der Waals surface area (Å²) < 4.78 is 39.0. The first-order valence-electron chi connectivity index (χ1n) is 15.8. The van der Waals surface area contributed by atoms with Crippen LogP contribution in [-0.2, 0) is 33.9 Å². The van der Waals surface area contributed by atoms with Gasteiger partial charge in [-0.05, 0) is 65.9 Å². The Kier molecular flexibility index (Phi) is 12.5. The molecule has 0 spiro atoms. The molecule has 3 rings (SSSR count). The molecule has 48 heavy (non-hydrogen) atoms. The molecule has 1 aliphatic heterocycles. The van der Waals surface area contributed by atoms with Gasteiger partial charge in [-0.2, -0.15) is 4.31 Å². The molecule has 1 aliphatic carbocycles. The van der Waals surface area contributed by atoms with Crippen molar-refractivity contribution in [3.63, 3.8) is 0 Å². The van der Waals surface area contributed by atoms with E-state index in [1.165, 1.54) is 23.1 Å². The summed E-state index contributed by atoms with van der Waals surface area (Å²) in [6, 6.07) is 2.60. The molecule has 1 heterocycles. The molecule has 4 atom stereocenters. The van der Waals surface area contributed by atoms with Gasteiger partial charge in [0.25, 0.3) is 5.69 Å². The summed E-state index contributed by atoms with van der Waals surface area (Å²) in [6.45, 7) is 13.7. The van der Waals surface area contributed by atoms with E-state index in [1.54, 1.807) is 33.8 Å². The number of sulfonamides is 1. The normalized spacial score (nSPS) is 21.1. The van der Waals surface area contributed by atoms with Gasteiger partial charge in [0.1, 0.15) is 23.2 Å². The van der Waals surface area contributed by atoms with Crippen LogP contribution < -0.4 is 10.6 Å². The highest BCUT2D eigenvalue weighted by atomic mass is 32.2. The highest BCUT2D eigenvalue weighted by Gasteiger charge is 2.61. The minimum Gasteiger partial charge on any atom is -0.464 e. The maximum absolute atomic E-state index is 14.1. The molecule has 3 amide bonds. The monoisotopic (exact) mass is 691 g/mol. The van der Waals surface area contributed by atoms with Crippen LogP contribution in [0.5, 0.6) is 0 Å². The number of hydrogen-bond acceptors (Lipinski definition) is 10. The van der Waals surface area contributed by atoms with Crippen LogP contribution in [-0.4, -0.2) is 95.9 Å². The number of nitro benzene ring substituents is 1. The van der Waals surface area contributed by atoms with E-state index in [4.69, 9.17) is 9.47 Å². The van der Waals surface area contributed by atoms with E-state index in [1.807, 2.05) is 0 Å². The zero-order valence-corrected chi connectivity index (χ0v) is 28.6. The summed E-state index contributed by atoms with van der Waals surface area (Å²) in [5, 5.41) is 17.0. The number of likely N-dealkylation sites (tertiary alicyclic amines) is 1. The lowest BCUT2D eigenvalue weighted by molar-refractivity contribution is -0.387. The summed E-state index contributed by atoms with van der Waals surface area (Å²) in [4.78, 5) is 64.9. The lowest BCUT2D eigenvalue weighted by Gasteiger charge is -2.31. The Hall–Kier alpha value is -4.31. The fraction of sp³-hybridized carbons (Fsp3) is 0.562. The van der Waals surface area contributed by atoms with Gasteiger partial charge in [-0.3, -0.25) is 19.7 Å². The Morgan fingerprint density at radius 1 is 1.21 bits per heavy atom. The number of amides is 3. The molecule has 0 aromatic heterocycles. The van der Waals surface area contributed by atoms with Gasteiger partial charge in [0.05, 0.1) is 11.5 Å². The fourth-order valence-corrected chi connectivity index (χ4v) is 7.23. The van der Waals surface area contributed by atoms with Crippen molar-refractivity contribution in [2.75, 3.05) is 26.2 Å². The Morgan fingerprint density at radius 3 is 2.48 bits per heavy atom. The number of carbonyl (C=O) groups is 4. The highest BCUT2D eigenvalue weighted by molar-refractivity contribution is 7.89. The van der Waals surface area contributed by atoms with Crippen molar-refractivity contribution >= 4 is 39.6 Å². The number of rotatable bonds is 16. The summed E-state index contributed by atoms with van der Waals surface area (Å²) >= 11 is 0. The molecule has 2 fully saturated rings. The van der Waals surface area contributed by atoms with Crippen LogP contribution in [0.3, 0.4) is 0 Å². The van der Waals surface area contributed by atoms with E-state index in [-0.39, 0.29) is 51.4 Å². The van der Waals surface area contributed by atoms with E-state index in [9.17, 15) is 37.7 Å². The summed E-state index contributed by atoms with van der Waals surface area (Å²) in [6.07, 6.45) is 3.09. The highest BCUT2D eigenvalue weighted by Crippen LogP contribution is 2.45. The lowest BCUT2D eigenvalue weighted by atomic mass is 10.1. The van der Waals surface area contributed by atoms with Crippen molar-refractivity contribution in [3.8, 4) is 0 Å². The quantitative estimate of drug-likeness (QED) is 0.113. The molecule has 0 radical (unpaired) electrons. The molecule has 0 unspecified atom stereocenters. The van der Waals surface area contributed by atoms with Crippen molar-refractivity contribution < 1.29 is 42.0 Å². The summed E-state index contributed by atoms with van der Waals surface area (Å²) in [7, 11) is -4.45. The molecule has 264 valence electrons. The van der Waals surface area contributed by atoms with Crippen molar-refractivity contribution in [2.45, 2.75) is 87.9 Å². The van der Waals surface area contributed by atoms with Crippen molar-refractivity contribution in [3.05, 3.63) is 59.7 Å². The predicted octanol–water partition coefficient (Wildman–Crippen LogP) is 3.06. The van der Waals surface area contributed by atoms with Gasteiger partial charge in [-0.1, -0.05) is 24.3 Å². The Balaban J connectivity index is 1.90. The second kappa shape index (κ2) is 15.7. The third-order valence-electron chi connectivity index (χ3n) is 8.04. The van der Waals surface area contributed by atoms with Gasteiger partial charge in [-0.25, -0.2) is 18.0 Å². The second-order valence-corrected chi connectivity index (χ2v) is 14.5. The zero-order chi connectivity index (χ0) is 35.9. The zero-order valence-electron chi connectivity index (χ0n) is 27.8. The standard InChI is InChI=1S/C32H45N5O10S/c1-7-10-18-35(48(44,45)26-16-12-11-14-24(26)37(42)43)20-17-23(33-30(41)47-31(4,5)6)28(39)36-19-13-15-25(36)27(38)34-32(21-22(32)8-2)29(40)46-9-3/h7-8,11-12,14,16,22-23,25H,1-2,9-10,13,15,17-21H2,3-6H3,(H,33,41)(H,34,38)/t22-,23+,25+,32-/m1/s1. The average molecular weight is 692 g/mol. The molecule has 0 bridgehead atoms. The number of hydrogen-bond donors (Lipinski definition) is 2. The predicted molar refractivity (Wildman–Crippen MR) is 175 cm³/mol. The minimum absolute atomic E-state index is 0.111. The fourth-order valence-electron chi connectivity index (χ4n) is 5.60. The number of ether oxygens (including phenoxy) is 2. The number of benzene rings is 1. The molecule has 1 aromatic rings. The number of nitrogens with one attached hydrogen (secondary N) is 2. The molecule has 16 heteroatoms. The van der Waals surface area contributed by atoms with Gasteiger partial charge in [0.2, 0.25) is 21.8 Å². The van der Waals surface area contributed by atoms with Crippen molar-refractivity contribution in [1.29, 1.82) is 0 Å². The van der Waals surface area contributed by atoms with Gasteiger partial charge in [0, 0.05) is 31.6 Å². The maximum Gasteiger partial charge on any atom is 0.408 e. The average Bonchev–Trinajstić information content (AvgIpc) is 3.50. The minimum atomic E-state index is -4.45. The van der Waals surface area contributed by atoms with Crippen LogP contribution in [0.2, 0.25) is 0 Å². The first kappa shape index (κ1) is 38.1. The van der Waals surface area contributed by atoms with E-state index in [2.05, 4.69) is 23.8 Å². The molecule has 2 aliphatic rings. The number of nitrogens with zero attached hydrogens (tertiary/aromatic N) is 3. The van der Waals surface area contributed by atoms with Crippen molar-refractivity contribution in [2.24, 2.45) is 5.92 Å². The molecular formula is C32H45N5O10S. The van der Waals surface area contributed by atoms with E-state index in [0.717, 1.165) is 16.4 Å². The van der Waals surface area contributed by atoms with Crippen LogP contribution in [0, 0.1) is 16.0 Å². The Labute approximate surface area is 280 Å². The largest absolute Gasteiger partial charge is 0.464 e. The third kappa shape index (κ3) is 8.98. The summed E-state index contributed by atoms with van der Waals surface area (Å²) in [5.41, 5.74) is -2.81. The van der Waals surface area contributed by atoms with E-state index < -0.39 is 72.6 Å². The van der Waals surface area contributed by atoms with Gasteiger partial charge in [-0.15, -0.1) is 13.2 Å². The van der Waals surface area contributed by atoms with Gasteiger partial charge < -0.3 is 25.0 Å². The van der Waals surface area contributed by atoms with Crippen LogP contribution in [0.4, 0.5) is 10.5 Å². The summed E-state index contributed by atoms with van der Waals surface area (Å²) in [5.74, 6) is -2.16. The van der Waals surface area contributed by atoms with Gasteiger partial charge in [0.15, 0.2) is 4.90 Å². The molecule has 2 N–H and O–H groups in total. The Morgan fingerprint density at radius 2 is 1.90 bits per heavy atom. The van der Waals surface area contributed by atoms with Crippen LogP contribution in [0.15, 0.2) is 54.5 Å². The maximum atomic E-state index is 14.1. The third-order valence-corrected chi connectivity index (χ3v) is 9.99. The van der Waals surface area contributed by atoms with Crippen LogP contribution in [0.25, 0.3) is 0 Å². The number of esters is 1. The number of para-hydroxylation sites is 1. The van der Waals surface area contributed by atoms with Crippen molar-refractivity contribution in [1.82, 2.24) is 19.8 Å². The molecule has 15 nitrogen and oxygen atoms in total. The van der Waals surface area contributed by atoms with E-state index >= 15 is 0 Å². The topological polar surface area (TPSA) is 195 Å². The van der Waals surface area contributed by atoms with E-state index in [0.29, 0.717) is 12.8 Å².